The van der Waals surface area contributed by atoms with Crippen LogP contribution >= 0.6 is 25.5 Å². The van der Waals surface area contributed by atoms with Crippen LogP contribution in [0.3, 0.4) is 0 Å². The summed E-state index contributed by atoms with van der Waals surface area (Å²) in [5.74, 6) is -0.740. The molecule has 0 aliphatic heterocycles. The Balaban J connectivity index is 2.70. The molecule has 0 saturated heterocycles. The van der Waals surface area contributed by atoms with Gasteiger partial charge in [0.25, 0.3) is 0 Å². The summed E-state index contributed by atoms with van der Waals surface area (Å²) in [5, 5.41) is 8.61. The van der Waals surface area contributed by atoms with Gasteiger partial charge in [-0.2, -0.15) is 0 Å². The zero-order valence-electron chi connectivity index (χ0n) is 7.32. The number of hydrogen-bond acceptors (Lipinski definition) is 1. The first kappa shape index (κ1) is 12.5. The van der Waals surface area contributed by atoms with Crippen LogP contribution in [0, 0.1) is 0 Å². The summed E-state index contributed by atoms with van der Waals surface area (Å²) in [6.45, 7) is 0. The Bertz CT molecular complexity index is 314. The number of carboxylic acids is 1. The Morgan fingerprint density at radius 1 is 1.29 bits per heavy atom. The molecule has 1 aromatic carbocycles. The number of aliphatic carboxylic acids is 1. The van der Waals surface area contributed by atoms with Crippen LogP contribution in [0.25, 0.3) is 0 Å². The van der Waals surface area contributed by atoms with Gasteiger partial charge in [-0.1, -0.05) is 0 Å². The van der Waals surface area contributed by atoms with E-state index in [-0.39, 0.29) is 6.42 Å². The van der Waals surface area contributed by atoms with Crippen molar-refractivity contribution in [3.8, 4) is 0 Å². The van der Waals surface area contributed by atoms with E-state index in [4.69, 9.17) is 5.11 Å². The minimum absolute atomic E-state index is 0.215. The molecule has 0 radical (unpaired) electrons. The molecule has 0 bridgehead atoms. The summed E-state index contributed by atoms with van der Waals surface area (Å²) in [4.78, 5) is 10.5. The van der Waals surface area contributed by atoms with Gasteiger partial charge >= 0.3 is 100.0 Å². The van der Waals surface area contributed by atoms with Crippen LogP contribution in [0.4, 0.5) is 0 Å². The van der Waals surface area contributed by atoms with Gasteiger partial charge in [-0.3, -0.25) is 0 Å². The number of benzene rings is 1. The van der Waals surface area contributed by atoms with Crippen LogP contribution in [0.5, 0.6) is 0 Å². The third-order valence-electron chi connectivity index (χ3n) is 1.66. The Morgan fingerprint density at radius 3 is 2.36 bits per heavy atom. The number of rotatable bonds is 4. The Kier molecular flexibility index (Phi) is 4.92. The normalized spacial score (nSPS) is 12.4. The third kappa shape index (κ3) is 3.90. The van der Waals surface area contributed by atoms with E-state index < -0.39 is 19.7 Å². The maximum atomic E-state index is 10.5. The topological polar surface area (TPSA) is 37.3 Å². The molecule has 2 nitrogen and oxygen atoms in total. The second-order valence-corrected chi connectivity index (χ2v) is 29.2. The number of carbonyl (C=O) groups is 1. The van der Waals surface area contributed by atoms with E-state index in [1.165, 1.54) is 3.61 Å². The van der Waals surface area contributed by atoms with E-state index in [1.807, 2.05) is 30.3 Å². The molecule has 0 fully saturated rings. The molecule has 1 aromatic rings. The second-order valence-electron chi connectivity index (χ2n) is 2.74. The predicted molar refractivity (Wildman–Crippen MR) is 66.7 cm³/mol. The first-order valence-corrected chi connectivity index (χ1v) is 17.3. The van der Waals surface area contributed by atoms with Gasteiger partial charge in [-0.25, -0.2) is 0 Å². The van der Waals surface area contributed by atoms with Crippen LogP contribution in [-0.4, -0.2) is 24.8 Å². The van der Waals surface area contributed by atoms with Crippen molar-refractivity contribution < 1.29 is 9.90 Å². The van der Waals surface area contributed by atoms with Gasteiger partial charge in [-0.05, 0) is 0 Å². The van der Waals surface area contributed by atoms with Crippen LogP contribution in [0.1, 0.15) is 6.42 Å². The van der Waals surface area contributed by atoms with Gasteiger partial charge in [0.1, 0.15) is 0 Å². The quantitative estimate of drug-likeness (QED) is 0.736. The zero-order chi connectivity index (χ0) is 10.6. The standard InChI is InChI=1S/C9H10Br2O2Te/c10-14(11,7-6-9(12)13)8-4-2-1-3-5-8/h1-5H,6-7H2,(H,12,13). The fourth-order valence-corrected chi connectivity index (χ4v) is 9.51. The van der Waals surface area contributed by atoms with E-state index in [0.29, 0.717) is 4.47 Å². The molecule has 0 aromatic heterocycles. The zero-order valence-corrected chi connectivity index (χ0v) is 12.8. The van der Waals surface area contributed by atoms with Gasteiger partial charge in [0.15, 0.2) is 0 Å². The van der Waals surface area contributed by atoms with E-state index in [0.717, 1.165) is 0 Å². The van der Waals surface area contributed by atoms with Gasteiger partial charge in [0.2, 0.25) is 0 Å². The van der Waals surface area contributed by atoms with E-state index in [2.05, 4.69) is 25.5 Å². The third-order valence-corrected chi connectivity index (χ3v) is 15.8. The first-order chi connectivity index (χ1) is 6.52. The Hall–Kier alpha value is 0.440. The molecule has 0 saturated carbocycles. The van der Waals surface area contributed by atoms with Crippen molar-refractivity contribution in [2.45, 2.75) is 10.9 Å². The summed E-state index contributed by atoms with van der Waals surface area (Å²) in [5.41, 5.74) is 0. The van der Waals surface area contributed by atoms with Crippen molar-refractivity contribution >= 4 is 48.9 Å². The van der Waals surface area contributed by atoms with Gasteiger partial charge in [0, 0.05) is 0 Å². The average Bonchev–Trinajstić information content (AvgIpc) is 2.16. The van der Waals surface area contributed by atoms with Crippen molar-refractivity contribution in [2.24, 2.45) is 0 Å². The van der Waals surface area contributed by atoms with E-state index in [1.54, 1.807) is 0 Å². The summed E-state index contributed by atoms with van der Waals surface area (Å²) >= 11 is 4.89. The summed E-state index contributed by atoms with van der Waals surface area (Å²) in [7, 11) is 0. The Morgan fingerprint density at radius 2 is 1.86 bits per heavy atom. The average molecular weight is 438 g/mol. The number of carboxylic acid groups (broad SMARTS) is 1. The van der Waals surface area contributed by atoms with Crippen LogP contribution in [0.2, 0.25) is 4.47 Å². The van der Waals surface area contributed by atoms with Crippen LogP contribution in [-0.2, 0) is 4.79 Å². The number of hydrogen-bond donors (Lipinski definition) is 1. The molecular weight excluding hydrogens is 428 g/mol. The van der Waals surface area contributed by atoms with Gasteiger partial charge in [-0.15, -0.1) is 0 Å². The van der Waals surface area contributed by atoms with Crippen LogP contribution in [0.15, 0.2) is 30.3 Å². The summed E-state index contributed by atoms with van der Waals surface area (Å²) < 4.78 is 1.92. The van der Waals surface area contributed by atoms with Gasteiger partial charge in [0.05, 0.1) is 0 Å². The molecule has 0 spiro atoms. The molecule has 0 unspecified atom stereocenters. The van der Waals surface area contributed by atoms with Crippen molar-refractivity contribution in [3.05, 3.63) is 30.3 Å². The molecule has 0 aliphatic rings. The maximum absolute atomic E-state index is 10.5. The molecule has 1 N–H and O–H groups in total. The predicted octanol–water partition coefficient (Wildman–Crippen LogP) is 2.60. The molecule has 0 heterocycles. The molecular formula is C9H10Br2O2Te. The van der Waals surface area contributed by atoms with E-state index in [9.17, 15) is 4.79 Å². The SMILES string of the molecule is O=C(O)CC[Te](Br)(Br)c1ccccc1. The molecule has 5 heteroatoms. The van der Waals surface area contributed by atoms with Crippen molar-refractivity contribution in [3.63, 3.8) is 0 Å². The minimum atomic E-state index is -2.44. The van der Waals surface area contributed by atoms with Crippen molar-refractivity contribution in [2.75, 3.05) is 0 Å². The molecule has 78 valence electrons. The molecule has 1 rings (SSSR count). The molecule has 0 aliphatic carbocycles. The molecule has 0 amide bonds. The van der Waals surface area contributed by atoms with E-state index >= 15 is 0 Å². The first-order valence-electron chi connectivity index (χ1n) is 3.99. The number of halogens is 2. The monoisotopic (exact) mass is 438 g/mol. The summed E-state index contributed by atoms with van der Waals surface area (Å²) in [6.07, 6.45) is 0.215. The Labute approximate surface area is 99.1 Å². The molecule has 14 heavy (non-hydrogen) atoms. The fourth-order valence-electron chi connectivity index (χ4n) is 0.953. The van der Waals surface area contributed by atoms with Crippen molar-refractivity contribution in [1.82, 2.24) is 0 Å². The summed E-state index contributed by atoms with van der Waals surface area (Å²) in [6, 6.07) is 9.97. The second kappa shape index (κ2) is 5.50. The van der Waals surface area contributed by atoms with Gasteiger partial charge < -0.3 is 0 Å². The fraction of sp³-hybridized carbons (Fsp3) is 0.222. The molecule has 0 atom stereocenters. The van der Waals surface area contributed by atoms with Crippen molar-refractivity contribution in [1.29, 1.82) is 0 Å². The van der Waals surface area contributed by atoms with Crippen LogP contribution < -0.4 is 3.61 Å².